The van der Waals surface area contributed by atoms with E-state index in [1.54, 1.807) is 42.8 Å². The Morgan fingerprint density at radius 1 is 1.22 bits per heavy atom. The third-order valence-electron chi connectivity index (χ3n) is 5.79. The number of anilines is 1. The molecule has 2 aromatic heterocycles. The maximum Gasteiger partial charge on any atom is 0.332 e. The first-order valence-electron chi connectivity index (χ1n) is 10.5. The van der Waals surface area contributed by atoms with Crippen molar-refractivity contribution in [3.63, 3.8) is 0 Å². The van der Waals surface area contributed by atoms with Crippen LogP contribution < -0.4 is 21.9 Å². The minimum absolute atomic E-state index is 0.0335. The summed E-state index contributed by atoms with van der Waals surface area (Å²) < 4.78 is 4.40. The summed E-state index contributed by atoms with van der Waals surface area (Å²) >= 11 is 0. The normalized spacial score (nSPS) is 15.9. The number of piperidine rings is 1. The smallest absolute Gasteiger partial charge is 0.332 e. The second-order valence-electron chi connectivity index (χ2n) is 7.99. The van der Waals surface area contributed by atoms with Crippen molar-refractivity contribution in [1.82, 2.24) is 18.7 Å². The fourth-order valence-corrected chi connectivity index (χ4v) is 4.11. The van der Waals surface area contributed by atoms with E-state index in [2.05, 4.69) is 22.8 Å². The molecule has 9 nitrogen and oxygen atoms in total. The van der Waals surface area contributed by atoms with Gasteiger partial charge >= 0.3 is 5.69 Å². The molecule has 1 saturated heterocycles. The van der Waals surface area contributed by atoms with E-state index in [0.717, 1.165) is 24.9 Å². The Morgan fingerprint density at radius 2 is 1.97 bits per heavy atom. The zero-order valence-electron chi connectivity index (χ0n) is 18.2. The van der Waals surface area contributed by atoms with Crippen LogP contribution in [0.3, 0.4) is 0 Å². The van der Waals surface area contributed by atoms with E-state index in [1.165, 1.54) is 9.13 Å². The summed E-state index contributed by atoms with van der Waals surface area (Å²) in [5.74, 6) is 6.51. The second-order valence-corrected chi connectivity index (χ2v) is 7.99. The highest BCUT2D eigenvalue weighted by Crippen LogP contribution is 2.22. The summed E-state index contributed by atoms with van der Waals surface area (Å²) in [5.41, 5.74) is 7.27. The van der Waals surface area contributed by atoms with Crippen molar-refractivity contribution in [2.75, 3.05) is 18.0 Å². The van der Waals surface area contributed by atoms with Gasteiger partial charge in [-0.25, -0.2) is 4.79 Å². The molecular formula is C23H25N7O2. The summed E-state index contributed by atoms with van der Waals surface area (Å²) in [6.07, 6.45) is 1.88. The van der Waals surface area contributed by atoms with Crippen molar-refractivity contribution in [3.05, 3.63) is 56.2 Å². The molecule has 9 heteroatoms. The van der Waals surface area contributed by atoms with Crippen LogP contribution >= 0.6 is 0 Å². The zero-order chi connectivity index (χ0) is 22.8. The number of rotatable bonds is 4. The van der Waals surface area contributed by atoms with Crippen LogP contribution in [-0.2, 0) is 20.1 Å². The van der Waals surface area contributed by atoms with Gasteiger partial charge in [-0.15, -0.1) is 5.92 Å². The van der Waals surface area contributed by atoms with E-state index in [-0.39, 0.29) is 12.6 Å². The number of fused-ring (bicyclic) bond motifs is 1. The van der Waals surface area contributed by atoms with Crippen molar-refractivity contribution in [3.8, 4) is 17.9 Å². The first kappa shape index (κ1) is 21.4. The van der Waals surface area contributed by atoms with Crippen LogP contribution in [0.1, 0.15) is 30.9 Å². The summed E-state index contributed by atoms with van der Waals surface area (Å²) in [6.45, 7) is 3.55. The molecule has 0 amide bonds. The molecule has 0 spiro atoms. The van der Waals surface area contributed by atoms with E-state index in [1.807, 2.05) is 0 Å². The Bertz CT molecular complexity index is 1380. The van der Waals surface area contributed by atoms with E-state index < -0.39 is 11.2 Å². The van der Waals surface area contributed by atoms with E-state index >= 15 is 0 Å². The average molecular weight is 432 g/mol. The average Bonchev–Trinajstić information content (AvgIpc) is 3.19. The minimum atomic E-state index is -0.444. The Labute approximate surface area is 185 Å². The molecular weight excluding hydrogens is 406 g/mol. The number of aryl methyl sites for hydroxylation is 1. The van der Waals surface area contributed by atoms with E-state index in [9.17, 15) is 9.59 Å². The Balaban J connectivity index is 1.89. The van der Waals surface area contributed by atoms with Crippen molar-refractivity contribution in [1.29, 1.82) is 5.26 Å². The molecule has 3 heterocycles. The highest BCUT2D eigenvalue weighted by Gasteiger charge is 2.26. The molecule has 0 saturated carbocycles. The van der Waals surface area contributed by atoms with Crippen LogP contribution in [0.2, 0.25) is 0 Å². The van der Waals surface area contributed by atoms with Crippen LogP contribution in [-0.4, -0.2) is 37.8 Å². The third kappa shape index (κ3) is 3.79. The molecule has 2 N–H and O–H groups in total. The van der Waals surface area contributed by atoms with Crippen LogP contribution in [0.15, 0.2) is 33.9 Å². The number of nitriles is 1. The van der Waals surface area contributed by atoms with Crippen LogP contribution in [0.4, 0.5) is 5.95 Å². The Hall–Kier alpha value is -3.82. The highest BCUT2D eigenvalue weighted by molar-refractivity contribution is 5.75. The molecule has 1 aliphatic heterocycles. The monoisotopic (exact) mass is 431 g/mol. The molecule has 1 aliphatic rings. The van der Waals surface area contributed by atoms with E-state index in [4.69, 9.17) is 16.0 Å². The van der Waals surface area contributed by atoms with Gasteiger partial charge in [0.25, 0.3) is 5.56 Å². The number of hydrogen-bond acceptors (Lipinski definition) is 6. The summed E-state index contributed by atoms with van der Waals surface area (Å²) in [5, 5.41) is 9.00. The van der Waals surface area contributed by atoms with Crippen molar-refractivity contribution in [2.24, 2.45) is 12.8 Å². The molecule has 0 aliphatic carbocycles. The van der Waals surface area contributed by atoms with Gasteiger partial charge in [-0.1, -0.05) is 18.1 Å². The molecule has 1 aromatic carbocycles. The fraction of sp³-hybridized carbons (Fsp3) is 0.391. The molecule has 164 valence electrons. The molecule has 0 bridgehead atoms. The van der Waals surface area contributed by atoms with Crippen molar-refractivity contribution < 1.29 is 0 Å². The first-order valence-corrected chi connectivity index (χ1v) is 10.5. The topological polar surface area (TPSA) is 115 Å². The fourth-order valence-electron chi connectivity index (χ4n) is 4.11. The molecule has 0 unspecified atom stereocenters. The standard InChI is InChI=1S/C23H25N7O2/c1-3-4-12-29-19-20(26-22(29)28-11-5-6-18(25)15-28)27(2)23(32)30(21(19)31)14-17-9-7-16(13-24)8-10-17/h7-10,18H,5-6,11-12,14-15,25H2,1-2H3/t18-/m1/s1. The van der Waals surface area contributed by atoms with Crippen molar-refractivity contribution in [2.45, 2.75) is 38.9 Å². The van der Waals surface area contributed by atoms with Crippen molar-refractivity contribution >= 4 is 17.1 Å². The first-order chi connectivity index (χ1) is 15.4. The molecule has 0 radical (unpaired) electrons. The number of benzene rings is 1. The second kappa shape index (κ2) is 8.74. The lowest BCUT2D eigenvalue weighted by Gasteiger charge is -2.31. The van der Waals surface area contributed by atoms with Crippen LogP contribution in [0, 0.1) is 23.2 Å². The lowest BCUT2D eigenvalue weighted by Crippen LogP contribution is -2.44. The number of imidazole rings is 1. The quantitative estimate of drug-likeness (QED) is 0.610. The van der Waals surface area contributed by atoms with Gasteiger partial charge in [-0.3, -0.25) is 18.5 Å². The van der Waals surface area contributed by atoms with Gasteiger partial charge in [-0.2, -0.15) is 10.2 Å². The third-order valence-corrected chi connectivity index (χ3v) is 5.79. The van der Waals surface area contributed by atoms with Gasteiger partial charge in [-0.05, 0) is 37.5 Å². The summed E-state index contributed by atoms with van der Waals surface area (Å²) in [7, 11) is 1.62. The maximum atomic E-state index is 13.5. The highest BCUT2D eigenvalue weighted by atomic mass is 16.2. The number of nitrogens with two attached hydrogens (primary N) is 1. The van der Waals surface area contributed by atoms with Crippen LogP contribution in [0.5, 0.6) is 0 Å². The largest absolute Gasteiger partial charge is 0.341 e. The predicted octanol–water partition coefficient (Wildman–Crippen LogP) is 0.767. The maximum absolute atomic E-state index is 13.5. The molecule has 4 rings (SSSR count). The number of hydrogen-bond donors (Lipinski definition) is 1. The summed E-state index contributed by atoms with van der Waals surface area (Å²) in [6, 6.07) is 8.93. The molecule has 32 heavy (non-hydrogen) atoms. The SMILES string of the molecule is CC#CCn1c(N2CCC[C@@H](N)C2)nc2c1c(=O)n(Cc1ccc(C#N)cc1)c(=O)n2C. The van der Waals surface area contributed by atoms with Gasteiger partial charge < -0.3 is 10.6 Å². The van der Waals surface area contributed by atoms with Gasteiger partial charge in [0.05, 0.1) is 24.7 Å². The number of nitrogens with zero attached hydrogens (tertiary/aromatic N) is 6. The van der Waals surface area contributed by atoms with Gasteiger partial charge in [0.15, 0.2) is 11.2 Å². The van der Waals surface area contributed by atoms with Gasteiger partial charge in [0.1, 0.15) is 0 Å². The lowest BCUT2D eigenvalue weighted by atomic mass is 10.1. The minimum Gasteiger partial charge on any atom is -0.341 e. The van der Waals surface area contributed by atoms with Crippen LogP contribution in [0.25, 0.3) is 11.2 Å². The van der Waals surface area contributed by atoms with Gasteiger partial charge in [0, 0.05) is 26.2 Å². The Kier molecular flexibility index (Phi) is 5.85. The summed E-state index contributed by atoms with van der Waals surface area (Å²) in [4.78, 5) is 33.3. The lowest BCUT2D eigenvalue weighted by molar-refractivity contribution is 0.496. The Morgan fingerprint density at radius 3 is 2.62 bits per heavy atom. The molecule has 3 aromatic rings. The van der Waals surface area contributed by atoms with Gasteiger partial charge in [0.2, 0.25) is 5.95 Å². The molecule has 1 fully saturated rings. The zero-order valence-corrected chi connectivity index (χ0v) is 18.2. The predicted molar refractivity (Wildman–Crippen MR) is 122 cm³/mol. The van der Waals surface area contributed by atoms with E-state index in [0.29, 0.717) is 35.8 Å². The molecule has 1 atom stereocenters. The number of aromatic nitrogens is 4.